The molecule has 0 atom stereocenters. The van der Waals surface area contributed by atoms with Crippen LogP contribution < -0.4 is 16.6 Å². The van der Waals surface area contributed by atoms with E-state index in [-0.39, 0.29) is 11.4 Å². The molecule has 0 heterocycles. The average Bonchev–Trinajstić information content (AvgIpc) is 2.98. The molecular formula is C33H29N2O6Sb. The van der Waals surface area contributed by atoms with Gasteiger partial charge in [0.15, 0.2) is 0 Å². The van der Waals surface area contributed by atoms with E-state index in [0.717, 1.165) is 27.2 Å². The van der Waals surface area contributed by atoms with Gasteiger partial charge in [-0.15, -0.1) is 0 Å². The van der Waals surface area contributed by atoms with Crippen LogP contribution in [-0.2, 0) is 0 Å². The van der Waals surface area contributed by atoms with E-state index in [1.165, 1.54) is 24.3 Å². The van der Waals surface area contributed by atoms with E-state index in [9.17, 15) is 20.2 Å². The number of nitro groups is 2. The molecule has 0 unspecified atom stereocenters. The summed E-state index contributed by atoms with van der Waals surface area (Å²) >= 11 is -5.71. The molecule has 5 rings (SSSR count). The van der Waals surface area contributed by atoms with Crippen molar-refractivity contribution in [3.8, 4) is 11.5 Å². The Morgan fingerprint density at radius 2 is 0.714 bits per heavy atom. The first-order valence-corrected chi connectivity index (χ1v) is 19.1. The number of hydrogen-bond donors (Lipinski definition) is 0. The Hall–Kier alpha value is -4.68. The molecular weight excluding hydrogens is 642 g/mol. The van der Waals surface area contributed by atoms with Crippen molar-refractivity contribution in [3.63, 3.8) is 0 Å². The Morgan fingerprint density at radius 3 is 0.952 bits per heavy atom. The predicted molar refractivity (Wildman–Crippen MR) is 166 cm³/mol. The molecule has 0 spiro atoms. The number of aryl methyl sites for hydroxylation is 3. The number of non-ortho nitro benzene ring substituents is 2. The molecule has 8 nitrogen and oxygen atoms in total. The first-order valence-electron chi connectivity index (χ1n) is 13.2. The first kappa shape index (κ1) is 28.8. The van der Waals surface area contributed by atoms with Gasteiger partial charge >= 0.3 is 247 Å². The van der Waals surface area contributed by atoms with Crippen molar-refractivity contribution in [1.29, 1.82) is 0 Å². The minimum absolute atomic E-state index is 0.0616. The zero-order valence-corrected chi connectivity index (χ0v) is 25.9. The van der Waals surface area contributed by atoms with E-state index in [1.807, 2.05) is 93.6 Å². The molecule has 5 aromatic carbocycles. The van der Waals surface area contributed by atoms with Crippen molar-refractivity contribution >= 4 is 40.1 Å². The molecule has 9 heteroatoms. The molecule has 0 N–H and O–H groups in total. The zero-order valence-electron chi connectivity index (χ0n) is 23.3. The van der Waals surface area contributed by atoms with Crippen LogP contribution in [0.25, 0.3) is 0 Å². The van der Waals surface area contributed by atoms with Crippen LogP contribution in [-0.4, -0.2) is 28.1 Å². The Balaban J connectivity index is 1.91. The van der Waals surface area contributed by atoms with E-state index in [2.05, 4.69) is 0 Å². The third-order valence-corrected chi connectivity index (χ3v) is 20.9. The molecule has 42 heavy (non-hydrogen) atoms. The van der Waals surface area contributed by atoms with Crippen molar-refractivity contribution in [1.82, 2.24) is 0 Å². The normalized spacial score (nSPS) is 12.1. The molecule has 0 amide bonds. The Kier molecular flexibility index (Phi) is 7.76. The molecule has 0 aromatic heterocycles. The second-order valence-corrected chi connectivity index (χ2v) is 21.1. The van der Waals surface area contributed by atoms with Crippen molar-refractivity contribution in [3.05, 3.63) is 158 Å². The summed E-state index contributed by atoms with van der Waals surface area (Å²) in [6.07, 6.45) is 0. The number of nitro benzene ring substituents is 2. The molecule has 0 aliphatic rings. The van der Waals surface area contributed by atoms with Gasteiger partial charge in [-0.3, -0.25) is 0 Å². The van der Waals surface area contributed by atoms with Crippen LogP contribution in [0.15, 0.2) is 121 Å². The zero-order chi connectivity index (χ0) is 29.9. The summed E-state index contributed by atoms with van der Waals surface area (Å²) in [7, 11) is 0. The topological polar surface area (TPSA) is 105 Å². The van der Waals surface area contributed by atoms with Gasteiger partial charge in [0.05, 0.1) is 0 Å². The third kappa shape index (κ3) is 5.21. The van der Waals surface area contributed by atoms with Crippen LogP contribution in [0.2, 0.25) is 0 Å². The van der Waals surface area contributed by atoms with E-state index in [1.54, 1.807) is 24.3 Å². The Labute approximate surface area is 245 Å². The summed E-state index contributed by atoms with van der Waals surface area (Å²) < 4.78 is 17.1. The summed E-state index contributed by atoms with van der Waals surface area (Å²) in [5.74, 6) is 0.789. The van der Waals surface area contributed by atoms with Gasteiger partial charge in [-0.1, -0.05) is 0 Å². The van der Waals surface area contributed by atoms with Gasteiger partial charge in [0.1, 0.15) is 0 Å². The van der Waals surface area contributed by atoms with Crippen molar-refractivity contribution in [2.45, 2.75) is 20.8 Å². The minimum atomic E-state index is -5.71. The predicted octanol–water partition coefficient (Wildman–Crippen LogP) is 6.00. The van der Waals surface area contributed by atoms with Gasteiger partial charge < -0.3 is 0 Å². The van der Waals surface area contributed by atoms with Gasteiger partial charge in [0.2, 0.25) is 0 Å². The van der Waals surface area contributed by atoms with Crippen molar-refractivity contribution < 1.29 is 15.9 Å². The van der Waals surface area contributed by atoms with Crippen LogP contribution >= 0.6 is 0 Å². The SMILES string of the molecule is Cc1cc[c]([Sb]([O]c2ccc([N+](=O)[O-])cc2)([O]c2ccc([N+](=O)[O-])cc2)([c]2ccc(C)cc2)[c]2ccc(C)cc2)cc1. The second kappa shape index (κ2) is 11.3. The summed E-state index contributed by atoms with van der Waals surface area (Å²) in [5.41, 5.74) is 3.02. The standard InChI is InChI=1S/3C7H7.2C6H5NO3.Sb/c3*1-7-5-3-2-4-6-7;2*8-6-3-1-5(2-4-6)7(9)10;/h3*3-6H,1H3;2*1-4,8H;/q;;;;;+2/p-2. The van der Waals surface area contributed by atoms with Crippen LogP contribution in [0.1, 0.15) is 16.7 Å². The van der Waals surface area contributed by atoms with Crippen molar-refractivity contribution in [2.24, 2.45) is 0 Å². The fourth-order valence-electron chi connectivity index (χ4n) is 4.89. The Bertz CT molecular complexity index is 1560. The summed E-state index contributed by atoms with van der Waals surface area (Å²) in [6, 6.07) is 36.0. The fourth-order valence-corrected chi connectivity index (χ4v) is 18.3. The molecule has 5 aromatic rings. The molecule has 0 fully saturated rings. The quantitative estimate of drug-likeness (QED) is 0.108. The summed E-state index contributed by atoms with van der Waals surface area (Å²) in [4.78, 5) is 22.0. The maximum absolute atomic E-state index is 11.4. The molecule has 212 valence electrons. The van der Waals surface area contributed by atoms with Gasteiger partial charge in [-0.2, -0.15) is 0 Å². The molecule has 0 bridgehead atoms. The second-order valence-electron chi connectivity index (χ2n) is 10.1. The molecule has 0 saturated carbocycles. The number of rotatable bonds is 9. The monoisotopic (exact) mass is 670 g/mol. The van der Waals surface area contributed by atoms with Gasteiger partial charge in [-0.25, -0.2) is 0 Å². The van der Waals surface area contributed by atoms with Crippen LogP contribution in [0, 0.1) is 41.0 Å². The summed E-state index contributed by atoms with van der Waals surface area (Å²) in [6.45, 7) is 6.00. The number of nitrogens with zero attached hydrogens (tertiary/aromatic N) is 2. The number of hydrogen-bond acceptors (Lipinski definition) is 6. The van der Waals surface area contributed by atoms with E-state index in [4.69, 9.17) is 6.03 Å². The molecule has 0 aliphatic carbocycles. The van der Waals surface area contributed by atoms with Crippen LogP contribution in [0.5, 0.6) is 11.5 Å². The Morgan fingerprint density at radius 1 is 0.452 bits per heavy atom. The van der Waals surface area contributed by atoms with Crippen LogP contribution in [0.3, 0.4) is 0 Å². The molecule has 0 radical (unpaired) electrons. The van der Waals surface area contributed by atoms with Crippen molar-refractivity contribution in [2.75, 3.05) is 0 Å². The van der Waals surface area contributed by atoms with Gasteiger partial charge in [-0.05, 0) is 0 Å². The van der Waals surface area contributed by atoms with Gasteiger partial charge in [0.25, 0.3) is 0 Å². The fraction of sp³-hybridized carbons (Fsp3) is 0.0909. The average molecular weight is 671 g/mol. The summed E-state index contributed by atoms with van der Waals surface area (Å²) in [5, 5.41) is 22.9. The van der Waals surface area contributed by atoms with Crippen LogP contribution in [0.4, 0.5) is 11.4 Å². The van der Waals surface area contributed by atoms with E-state index < -0.39 is 28.1 Å². The van der Waals surface area contributed by atoms with Gasteiger partial charge in [0, 0.05) is 0 Å². The molecule has 0 aliphatic heterocycles. The maximum atomic E-state index is 11.4. The first-order chi connectivity index (χ1) is 20.1. The third-order valence-electron chi connectivity index (χ3n) is 7.16. The number of benzene rings is 5. The van der Waals surface area contributed by atoms with E-state index in [0.29, 0.717) is 11.5 Å². The van der Waals surface area contributed by atoms with E-state index >= 15 is 0 Å². The molecule has 0 saturated heterocycles.